The Morgan fingerprint density at radius 3 is 2.60 bits per heavy atom. The van der Waals surface area contributed by atoms with E-state index in [9.17, 15) is 14.4 Å². The average molecular weight is 345 g/mol. The van der Waals surface area contributed by atoms with E-state index in [1.165, 1.54) is 12.5 Å². The van der Waals surface area contributed by atoms with Crippen molar-refractivity contribution in [3.05, 3.63) is 35.4 Å². The quantitative estimate of drug-likeness (QED) is 0.731. The molecular weight excluding hydrogens is 318 g/mol. The Bertz CT molecular complexity index is 670. The first kappa shape index (κ1) is 19.0. The fourth-order valence-corrected chi connectivity index (χ4v) is 3.44. The summed E-state index contributed by atoms with van der Waals surface area (Å²) in [6, 6.07) is 7.27. The first-order valence-electron chi connectivity index (χ1n) is 8.66. The van der Waals surface area contributed by atoms with Gasteiger partial charge in [-0.15, -0.1) is 0 Å². The van der Waals surface area contributed by atoms with Crippen LogP contribution in [0.1, 0.15) is 63.6 Å². The molecule has 0 saturated heterocycles. The highest BCUT2D eigenvalue weighted by molar-refractivity contribution is 5.87. The monoisotopic (exact) mass is 345 g/mol. The van der Waals surface area contributed by atoms with Crippen LogP contribution in [-0.4, -0.2) is 23.8 Å². The number of primary amides is 1. The topological polar surface area (TPSA) is 101 Å². The smallest absolute Gasteiger partial charge is 0.243 e. The summed E-state index contributed by atoms with van der Waals surface area (Å²) in [4.78, 5) is 35.0. The van der Waals surface area contributed by atoms with E-state index in [-0.39, 0.29) is 36.1 Å². The molecule has 0 aromatic heterocycles. The van der Waals surface area contributed by atoms with Crippen molar-refractivity contribution in [1.82, 2.24) is 10.6 Å². The van der Waals surface area contributed by atoms with Gasteiger partial charge in [-0.3, -0.25) is 14.4 Å². The molecule has 25 heavy (non-hydrogen) atoms. The van der Waals surface area contributed by atoms with Gasteiger partial charge in [-0.05, 0) is 35.8 Å². The van der Waals surface area contributed by atoms with E-state index in [4.69, 9.17) is 5.73 Å². The third kappa shape index (κ3) is 4.81. The minimum atomic E-state index is -0.757. The number of nitrogens with two attached hydrogens (primary N) is 1. The highest BCUT2D eigenvalue weighted by atomic mass is 16.2. The number of benzene rings is 1. The maximum absolute atomic E-state index is 12.7. The van der Waals surface area contributed by atoms with Crippen molar-refractivity contribution in [2.24, 2.45) is 5.73 Å². The summed E-state index contributed by atoms with van der Waals surface area (Å²) in [5.74, 6) is -1.08. The van der Waals surface area contributed by atoms with E-state index in [2.05, 4.69) is 30.5 Å². The Morgan fingerprint density at radius 1 is 1.28 bits per heavy atom. The predicted molar refractivity (Wildman–Crippen MR) is 95.6 cm³/mol. The number of carbonyl (C=O) groups excluding carboxylic acids is 3. The largest absolute Gasteiger partial charge is 0.370 e. The summed E-state index contributed by atoms with van der Waals surface area (Å²) < 4.78 is 0. The van der Waals surface area contributed by atoms with Gasteiger partial charge < -0.3 is 16.4 Å². The van der Waals surface area contributed by atoms with Gasteiger partial charge in [0.2, 0.25) is 17.7 Å². The molecule has 3 amide bonds. The molecule has 0 bridgehead atoms. The maximum Gasteiger partial charge on any atom is 0.243 e. The molecule has 136 valence electrons. The summed E-state index contributed by atoms with van der Waals surface area (Å²) >= 11 is 0. The predicted octanol–water partition coefficient (Wildman–Crippen LogP) is 1.69. The minimum absolute atomic E-state index is 0.0483. The zero-order valence-electron chi connectivity index (χ0n) is 15.1. The molecule has 4 N–H and O–H groups in total. The Hall–Kier alpha value is -2.37. The zero-order chi connectivity index (χ0) is 18.6. The molecule has 6 nitrogen and oxygen atoms in total. The average Bonchev–Trinajstić information content (AvgIpc) is 2.54. The van der Waals surface area contributed by atoms with Gasteiger partial charge in [0, 0.05) is 13.3 Å². The van der Waals surface area contributed by atoms with E-state index in [1.807, 2.05) is 18.2 Å². The van der Waals surface area contributed by atoms with Gasteiger partial charge in [-0.2, -0.15) is 0 Å². The molecule has 0 spiro atoms. The Balaban J connectivity index is 2.15. The van der Waals surface area contributed by atoms with Crippen LogP contribution in [0.5, 0.6) is 0 Å². The number of amides is 3. The SMILES string of the molecule is CC(=O)NC(CCC(N)=O)C(=O)NC1CCC(C)(C)c2ccccc21. The molecular formula is C19H27N3O3. The number of hydrogen-bond donors (Lipinski definition) is 3. The number of carbonyl (C=O) groups is 3. The molecule has 2 rings (SSSR count). The summed E-state index contributed by atoms with van der Waals surface area (Å²) in [5, 5.41) is 5.64. The number of hydrogen-bond acceptors (Lipinski definition) is 3. The number of rotatable bonds is 6. The molecule has 1 aromatic rings. The summed E-state index contributed by atoms with van der Waals surface area (Å²) in [6.45, 7) is 5.76. The Labute approximate surface area is 148 Å². The minimum Gasteiger partial charge on any atom is -0.370 e. The summed E-state index contributed by atoms with van der Waals surface area (Å²) in [5.41, 5.74) is 7.59. The van der Waals surface area contributed by atoms with Crippen molar-refractivity contribution < 1.29 is 14.4 Å². The van der Waals surface area contributed by atoms with Crippen LogP contribution < -0.4 is 16.4 Å². The molecule has 0 saturated carbocycles. The van der Waals surface area contributed by atoms with Gasteiger partial charge in [0.1, 0.15) is 6.04 Å². The standard InChI is InChI=1S/C19H27N3O3/c1-12(23)21-16(8-9-17(20)24)18(25)22-15-10-11-19(2,3)14-7-5-4-6-13(14)15/h4-7,15-16H,8-11H2,1-3H3,(H2,20,24)(H,21,23)(H,22,25). The fraction of sp³-hybridized carbons (Fsp3) is 0.526. The molecule has 2 atom stereocenters. The third-order valence-corrected chi connectivity index (χ3v) is 4.81. The van der Waals surface area contributed by atoms with Crippen LogP contribution >= 0.6 is 0 Å². The molecule has 1 aliphatic carbocycles. The Morgan fingerprint density at radius 2 is 1.96 bits per heavy atom. The van der Waals surface area contributed by atoms with Gasteiger partial charge in [0.05, 0.1) is 6.04 Å². The second-order valence-corrected chi connectivity index (χ2v) is 7.33. The lowest BCUT2D eigenvalue weighted by Crippen LogP contribution is -2.48. The van der Waals surface area contributed by atoms with E-state index < -0.39 is 11.9 Å². The van der Waals surface area contributed by atoms with Crippen molar-refractivity contribution in [1.29, 1.82) is 0 Å². The maximum atomic E-state index is 12.7. The molecule has 0 fully saturated rings. The summed E-state index contributed by atoms with van der Waals surface area (Å²) in [7, 11) is 0. The van der Waals surface area contributed by atoms with E-state index in [0.29, 0.717) is 0 Å². The molecule has 0 radical (unpaired) electrons. The number of nitrogens with one attached hydrogen (secondary N) is 2. The first-order chi connectivity index (χ1) is 11.7. The molecule has 1 aromatic carbocycles. The van der Waals surface area contributed by atoms with Crippen molar-refractivity contribution in [2.75, 3.05) is 0 Å². The van der Waals surface area contributed by atoms with Crippen molar-refractivity contribution in [2.45, 2.75) is 64.0 Å². The zero-order valence-corrected chi connectivity index (χ0v) is 15.1. The second kappa shape index (κ2) is 7.68. The highest BCUT2D eigenvalue weighted by Gasteiger charge is 2.34. The lowest BCUT2D eigenvalue weighted by molar-refractivity contribution is -0.129. The Kier molecular flexibility index (Phi) is 5.82. The van der Waals surface area contributed by atoms with Crippen molar-refractivity contribution in [3.8, 4) is 0 Å². The summed E-state index contributed by atoms with van der Waals surface area (Å²) in [6.07, 6.45) is 2.03. The van der Waals surface area contributed by atoms with Gasteiger partial charge in [-0.25, -0.2) is 0 Å². The number of fused-ring (bicyclic) bond motifs is 1. The van der Waals surface area contributed by atoms with Crippen LogP contribution in [-0.2, 0) is 19.8 Å². The van der Waals surface area contributed by atoms with Gasteiger partial charge in [0.25, 0.3) is 0 Å². The van der Waals surface area contributed by atoms with Gasteiger partial charge in [0.15, 0.2) is 0 Å². The van der Waals surface area contributed by atoms with Gasteiger partial charge in [-0.1, -0.05) is 38.1 Å². The van der Waals surface area contributed by atoms with Crippen molar-refractivity contribution in [3.63, 3.8) is 0 Å². The van der Waals surface area contributed by atoms with Crippen LogP contribution in [0.2, 0.25) is 0 Å². The first-order valence-corrected chi connectivity index (χ1v) is 8.66. The molecule has 2 unspecified atom stereocenters. The van der Waals surface area contributed by atoms with E-state index >= 15 is 0 Å². The lowest BCUT2D eigenvalue weighted by atomic mass is 9.71. The van der Waals surface area contributed by atoms with Crippen LogP contribution in [0.4, 0.5) is 0 Å². The fourth-order valence-electron chi connectivity index (χ4n) is 3.44. The van der Waals surface area contributed by atoms with Crippen LogP contribution in [0.15, 0.2) is 24.3 Å². The van der Waals surface area contributed by atoms with Crippen LogP contribution in [0, 0.1) is 0 Å². The highest BCUT2D eigenvalue weighted by Crippen LogP contribution is 2.41. The second-order valence-electron chi connectivity index (χ2n) is 7.33. The molecule has 0 aliphatic heterocycles. The van der Waals surface area contributed by atoms with E-state index in [1.54, 1.807) is 0 Å². The molecule has 6 heteroatoms. The van der Waals surface area contributed by atoms with Crippen LogP contribution in [0.3, 0.4) is 0 Å². The van der Waals surface area contributed by atoms with Gasteiger partial charge >= 0.3 is 0 Å². The lowest BCUT2D eigenvalue weighted by Gasteiger charge is -2.37. The molecule has 0 heterocycles. The van der Waals surface area contributed by atoms with E-state index in [0.717, 1.165) is 18.4 Å². The van der Waals surface area contributed by atoms with Crippen molar-refractivity contribution >= 4 is 17.7 Å². The normalized spacial score (nSPS) is 19.4. The third-order valence-electron chi connectivity index (χ3n) is 4.81. The van der Waals surface area contributed by atoms with Crippen LogP contribution in [0.25, 0.3) is 0 Å². The molecule has 1 aliphatic rings.